The summed E-state index contributed by atoms with van der Waals surface area (Å²) in [6, 6.07) is 5.42. The van der Waals surface area contributed by atoms with Crippen molar-refractivity contribution in [1.29, 1.82) is 0 Å². The number of rotatable bonds is 4. The first-order valence-electron chi connectivity index (χ1n) is 6.86. The molecule has 1 amide bonds. The van der Waals surface area contributed by atoms with E-state index in [1.54, 1.807) is 28.8 Å². The Morgan fingerprint density at radius 1 is 1.48 bits per heavy atom. The molecule has 4 nitrogen and oxygen atoms in total. The molecule has 0 saturated carbocycles. The normalized spacial score (nSPS) is 18.6. The number of hydrogen-bond acceptors (Lipinski definition) is 3. The third-order valence-corrected chi connectivity index (χ3v) is 4.73. The van der Waals surface area contributed by atoms with E-state index in [2.05, 4.69) is 0 Å². The van der Waals surface area contributed by atoms with Crippen LogP contribution in [0.25, 0.3) is 0 Å². The van der Waals surface area contributed by atoms with Crippen LogP contribution in [0.4, 0.5) is 0 Å². The molecule has 1 aromatic carbocycles. The number of nitrogens with zero attached hydrogens (tertiary/aromatic N) is 1. The van der Waals surface area contributed by atoms with Crippen molar-refractivity contribution in [2.24, 2.45) is 5.92 Å². The highest BCUT2D eigenvalue weighted by Crippen LogP contribution is 2.27. The van der Waals surface area contributed by atoms with Gasteiger partial charge in [-0.2, -0.15) is 0 Å². The maximum atomic E-state index is 12.6. The van der Waals surface area contributed by atoms with Crippen molar-refractivity contribution in [3.8, 4) is 0 Å². The monoisotopic (exact) mass is 327 g/mol. The van der Waals surface area contributed by atoms with Gasteiger partial charge in [0.2, 0.25) is 0 Å². The maximum absolute atomic E-state index is 12.6. The van der Waals surface area contributed by atoms with E-state index in [4.69, 9.17) is 16.7 Å². The Morgan fingerprint density at radius 2 is 2.24 bits per heavy atom. The van der Waals surface area contributed by atoms with Crippen molar-refractivity contribution >= 4 is 35.2 Å². The molecule has 1 fully saturated rings. The van der Waals surface area contributed by atoms with E-state index in [-0.39, 0.29) is 18.2 Å². The number of likely N-dealkylation sites (tertiary alicyclic amines) is 1. The number of aliphatic carboxylic acids is 1. The Balaban J connectivity index is 2.13. The fourth-order valence-corrected chi connectivity index (χ4v) is 3.27. The second-order valence-corrected chi connectivity index (χ2v) is 6.49. The molecule has 0 bridgehead atoms. The molecule has 1 aliphatic rings. The summed E-state index contributed by atoms with van der Waals surface area (Å²) in [6.45, 7) is 1.15. The summed E-state index contributed by atoms with van der Waals surface area (Å²) in [5, 5.41) is 9.34. The van der Waals surface area contributed by atoms with Gasteiger partial charge in [-0.1, -0.05) is 11.6 Å². The molecule has 0 aromatic heterocycles. The van der Waals surface area contributed by atoms with Crippen molar-refractivity contribution in [2.75, 3.05) is 19.3 Å². The molecule has 1 aromatic rings. The first-order chi connectivity index (χ1) is 10.0. The van der Waals surface area contributed by atoms with E-state index in [1.807, 2.05) is 12.3 Å². The second-order valence-electron chi connectivity index (χ2n) is 5.20. The summed E-state index contributed by atoms with van der Waals surface area (Å²) >= 11 is 7.69. The van der Waals surface area contributed by atoms with Crippen LogP contribution in [0.2, 0.25) is 5.02 Å². The zero-order chi connectivity index (χ0) is 15.4. The SMILES string of the molecule is CSc1ccc(Cl)c(C(=O)N2CCCC(CC(=O)O)C2)c1. The summed E-state index contributed by atoms with van der Waals surface area (Å²) in [4.78, 5) is 26.1. The first kappa shape index (κ1) is 16.2. The summed E-state index contributed by atoms with van der Waals surface area (Å²) in [5.74, 6) is -0.884. The lowest BCUT2D eigenvalue weighted by atomic mass is 9.94. The molecule has 2 rings (SSSR count). The van der Waals surface area contributed by atoms with E-state index in [0.29, 0.717) is 23.7 Å². The summed E-state index contributed by atoms with van der Waals surface area (Å²) in [6.07, 6.45) is 3.75. The quantitative estimate of drug-likeness (QED) is 0.861. The summed E-state index contributed by atoms with van der Waals surface area (Å²) in [7, 11) is 0. The highest BCUT2D eigenvalue weighted by molar-refractivity contribution is 7.98. The van der Waals surface area contributed by atoms with Crippen LogP contribution in [0.1, 0.15) is 29.6 Å². The van der Waals surface area contributed by atoms with Gasteiger partial charge in [-0.3, -0.25) is 9.59 Å². The molecule has 1 heterocycles. The van der Waals surface area contributed by atoms with Crippen LogP contribution in [-0.4, -0.2) is 41.2 Å². The zero-order valence-electron chi connectivity index (χ0n) is 11.8. The molecule has 1 unspecified atom stereocenters. The van der Waals surface area contributed by atoms with Gasteiger partial charge in [0.05, 0.1) is 10.6 Å². The van der Waals surface area contributed by atoms with Gasteiger partial charge < -0.3 is 10.0 Å². The molecule has 1 N–H and O–H groups in total. The molecule has 1 saturated heterocycles. The van der Waals surface area contributed by atoms with Crippen molar-refractivity contribution in [2.45, 2.75) is 24.2 Å². The Bertz CT molecular complexity index is 550. The molecule has 0 aliphatic carbocycles. The largest absolute Gasteiger partial charge is 0.481 e. The molecular formula is C15H18ClNO3S. The lowest BCUT2D eigenvalue weighted by Gasteiger charge is -2.32. The van der Waals surface area contributed by atoms with Crippen molar-refractivity contribution in [1.82, 2.24) is 4.90 Å². The molecule has 0 radical (unpaired) electrons. The Hall–Kier alpha value is -1.20. The number of carboxylic acids is 1. The van der Waals surface area contributed by atoms with Gasteiger partial charge in [0, 0.05) is 24.4 Å². The highest BCUT2D eigenvalue weighted by Gasteiger charge is 2.27. The molecule has 0 spiro atoms. The molecule has 1 atom stereocenters. The van der Waals surface area contributed by atoms with Crippen LogP contribution in [0.3, 0.4) is 0 Å². The number of benzene rings is 1. The third kappa shape index (κ3) is 4.14. The van der Waals surface area contributed by atoms with Crippen LogP contribution in [-0.2, 0) is 4.79 Å². The lowest BCUT2D eigenvalue weighted by Crippen LogP contribution is -2.40. The number of piperidine rings is 1. The zero-order valence-corrected chi connectivity index (χ0v) is 13.4. The predicted octanol–water partition coefficient (Wildman–Crippen LogP) is 3.39. The van der Waals surface area contributed by atoms with E-state index < -0.39 is 5.97 Å². The minimum absolute atomic E-state index is 0.0303. The average molecular weight is 328 g/mol. The van der Waals surface area contributed by atoms with Gasteiger partial charge in [0.15, 0.2) is 0 Å². The lowest BCUT2D eigenvalue weighted by molar-refractivity contribution is -0.138. The Labute approximate surface area is 133 Å². The van der Waals surface area contributed by atoms with E-state index >= 15 is 0 Å². The number of carboxylic acid groups (broad SMARTS) is 1. The smallest absolute Gasteiger partial charge is 0.303 e. The van der Waals surface area contributed by atoms with Crippen molar-refractivity contribution in [3.63, 3.8) is 0 Å². The molecular weight excluding hydrogens is 310 g/mol. The number of carbonyl (C=O) groups excluding carboxylic acids is 1. The van der Waals surface area contributed by atoms with Gasteiger partial charge in [0.1, 0.15) is 0 Å². The summed E-state index contributed by atoms with van der Waals surface area (Å²) in [5.41, 5.74) is 0.500. The molecule has 114 valence electrons. The van der Waals surface area contributed by atoms with Crippen LogP contribution in [0.5, 0.6) is 0 Å². The number of carbonyl (C=O) groups is 2. The van der Waals surface area contributed by atoms with Crippen LogP contribution in [0.15, 0.2) is 23.1 Å². The fraction of sp³-hybridized carbons (Fsp3) is 0.467. The van der Waals surface area contributed by atoms with Gasteiger partial charge in [-0.05, 0) is 43.2 Å². The third-order valence-electron chi connectivity index (χ3n) is 3.67. The number of thioether (sulfide) groups is 1. The van der Waals surface area contributed by atoms with Gasteiger partial charge in [-0.25, -0.2) is 0 Å². The molecule has 1 aliphatic heterocycles. The minimum atomic E-state index is -0.809. The van der Waals surface area contributed by atoms with Crippen molar-refractivity contribution < 1.29 is 14.7 Å². The Kier molecular flexibility index (Phi) is 5.53. The maximum Gasteiger partial charge on any atom is 0.303 e. The topological polar surface area (TPSA) is 57.6 Å². The number of hydrogen-bond donors (Lipinski definition) is 1. The van der Waals surface area contributed by atoms with E-state index in [9.17, 15) is 9.59 Å². The highest BCUT2D eigenvalue weighted by atomic mass is 35.5. The number of halogens is 1. The van der Waals surface area contributed by atoms with Crippen LogP contribution >= 0.6 is 23.4 Å². The van der Waals surface area contributed by atoms with Crippen LogP contribution in [0, 0.1) is 5.92 Å². The minimum Gasteiger partial charge on any atom is -0.481 e. The first-order valence-corrected chi connectivity index (χ1v) is 8.46. The number of amides is 1. The molecule has 21 heavy (non-hydrogen) atoms. The standard InChI is InChI=1S/C15H18ClNO3S/c1-21-11-4-5-13(16)12(8-11)15(20)17-6-2-3-10(9-17)7-14(18)19/h4-5,8,10H,2-3,6-7,9H2,1H3,(H,18,19). The van der Waals surface area contributed by atoms with Crippen LogP contribution < -0.4 is 0 Å². The fourth-order valence-electron chi connectivity index (χ4n) is 2.63. The molecule has 6 heteroatoms. The van der Waals surface area contributed by atoms with Gasteiger partial charge in [-0.15, -0.1) is 11.8 Å². The van der Waals surface area contributed by atoms with E-state index in [0.717, 1.165) is 17.7 Å². The van der Waals surface area contributed by atoms with Gasteiger partial charge >= 0.3 is 5.97 Å². The van der Waals surface area contributed by atoms with Crippen molar-refractivity contribution in [3.05, 3.63) is 28.8 Å². The average Bonchev–Trinajstić information content (AvgIpc) is 2.46. The van der Waals surface area contributed by atoms with Gasteiger partial charge in [0.25, 0.3) is 5.91 Å². The van der Waals surface area contributed by atoms with E-state index in [1.165, 1.54) is 0 Å². The summed E-state index contributed by atoms with van der Waals surface area (Å²) < 4.78 is 0. The Morgan fingerprint density at radius 3 is 2.90 bits per heavy atom. The predicted molar refractivity (Wildman–Crippen MR) is 84.1 cm³/mol. The second kappa shape index (κ2) is 7.18.